The summed E-state index contributed by atoms with van der Waals surface area (Å²) in [6.45, 7) is 4.33. The van der Waals surface area contributed by atoms with Crippen LogP contribution in [0.2, 0.25) is 0 Å². The fourth-order valence-electron chi connectivity index (χ4n) is 1.73. The van der Waals surface area contributed by atoms with Gasteiger partial charge in [0.25, 0.3) is 0 Å². The van der Waals surface area contributed by atoms with Crippen molar-refractivity contribution >= 4 is 5.91 Å². The average Bonchev–Trinajstić information content (AvgIpc) is 2.15. The predicted octanol–water partition coefficient (Wildman–Crippen LogP) is -0.0274. The summed E-state index contributed by atoms with van der Waals surface area (Å²) in [6.07, 6.45) is 1.89. The Morgan fingerprint density at radius 3 is 2.62 bits per heavy atom. The minimum atomic E-state index is 0.123. The molecule has 0 aromatic heterocycles. The highest BCUT2D eigenvalue weighted by molar-refractivity contribution is 5.73. The first kappa shape index (κ1) is 10.5. The quantitative estimate of drug-likeness (QED) is 0.673. The molecule has 0 radical (unpaired) electrons. The Balaban J connectivity index is 2.46. The van der Waals surface area contributed by atoms with E-state index < -0.39 is 0 Å². The van der Waals surface area contributed by atoms with Gasteiger partial charge in [-0.25, -0.2) is 0 Å². The number of hydrogen-bond acceptors (Lipinski definition) is 3. The van der Waals surface area contributed by atoms with Crippen LogP contribution in [0.5, 0.6) is 0 Å². The second-order valence-electron chi connectivity index (χ2n) is 3.34. The third-order valence-corrected chi connectivity index (χ3v) is 2.41. The molecule has 1 saturated heterocycles. The van der Waals surface area contributed by atoms with Crippen molar-refractivity contribution < 1.29 is 9.53 Å². The Bertz CT molecular complexity index is 167. The van der Waals surface area contributed by atoms with Gasteiger partial charge in [-0.15, -0.1) is 0 Å². The average molecular weight is 186 g/mol. The summed E-state index contributed by atoms with van der Waals surface area (Å²) in [7, 11) is 0. The van der Waals surface area contributed by atoms with E-state index in [0.717, 1.165) is 26.1 Å². The van der Waals surface area contributed by atoms with Gasteiger partial charge in [0.2, 0.25) is 5.91 Å². The number of hydrogen-bond donors (Lipinski definition) is 1. The van der Waals surface area contributed by atoms with Crippen molar-refractivity contribution in [1.82, 2.24) is 4.90 Å². The zero-order valence-corrected chi connectivity index (χ0v) is 8.16. The molecular formula is C9H18N2O2. The highest BCUT2D eigenvalue weighted by atomic mass is 16.5. The minimum Gasteiger partial charge on any atom is -0.381 e. The lowest BCUT2D eigenvalue weighted by atomic mass is 10.1. The van der Waals surface area contributed by atoms with E-state index in [9.17, 15) is 4.79 Å². The molecule has 0 aliphatic carbocycles. The van der Waals surface area contributed by atoms with E-state index in [1.54, 1.807) is 6.92 Å². The Morgan fingerprint density at radius 1 is 1.54 bits per heavy atom. The molecule has 0 atom stereocenters. The summed E-state index contributed by atoms with van der Waals surface area (Å²) in [4.78, 5) is 13.1. The Hall–Kier alpha value is -0.610. The van der Waals surface area contributed by atoms with Crippen molar-refractivity contribution in [2.45, 2.75) is 25.8 Å². The monoisotopic (exact) mass is 186 g/mol. The highest BCUT2D eigenvalue weighted by Gasteiger charge is 2.22. The minimum absolute atomic E-state index is 0.123. The molecular weight excluding hydrogens is 168 g/mol. The maximum absolute atomic E-state index is 11.3. The number of amides is 1. The normalized spacial score (nSPS) is 18.6. The number of carbonyl (C=O) groups excluding carboxylic acids is 1. The maximum atomic E-state index is 11.3. The summed E-state index contributed by atoms with van der Waals surface area (Å²) >= 11 is 0. The second kappa shape index (κ2) is 5.19. The molecule has 1 fully saturated rings. The fraction of sp³-hybridized carbons (Fsp3) is 0.889. The van der Waals surface area contributed by atoms with Crippen LogP contribution < -0.4 is 5.73 Å². The lowest BCUT2D eigenvalue weighted by Gasteiger charge is -2.33. The van der Waals surface area contributed by atoms with E-state index in [1.807, 2.05) is 4.90 Å². The molecule has 1 heterocycles. The van der Waals surface area contributed by atoms with Crippen LogP contribution in [0.25, 0.3) is 0 Å². The lowest BCUT2D eigenvalue weighted by molar-refractivity contribution is -0.132. The van der Waals surface area contributed by atoms with E-state index in [4.69, 9.17) is 10.5 Å². The van der Waals surface area contributed by atoms with Crippen LogP contribution in [0, 0.1) is 0 Å². The third-order valence-electron chi connectivity index (χ3n) is 2.41. The van der Waals surface area contributed by atoms with Gasteiger partial charge in [0.1, 0.15) is 0 Å². The van der Waals surface area contributed by atoms with Crippen LogP contribution in [0.3, 0.4) is 0 Å². The molecule has 1 amide bonds. The van der Waals surface area contributed by atoms with Gasteiger partial charge in [-0.3, -0.25) is 4.79 Å². The fourth-order valence-corrected chi connectivity index (χ4v) is 1.73. The second-order valence-corrected chi connectivity index (χ2v) is 3.34. The number of nitrogens with two attached hydrogens (primary N) is 1. The summed E-state index contributed by atoms with van der Waals surface area (Å²) in [6, 6.07) is 0.342. The first-order chi connectivity index (χ1) is 6.25. The molecule has 4 heteroatoms. The van der Waals surface area contributed by atoms with Gasteiger partial charge >= 0.3 is 0 Å². The Labute approximate surface area is 79.0 Å². The van der Waals surface area contributed by atoms with Crippen molar-refractivity contribution in [2.75, 3.05) is 26.3 Å². The summed E-state index contributed by atoms with van der Waals surface area (Å²) in [5.41, 5.74) is 5.45. The van der Waals surface area contributed by atoms with Crippen molar-refractivity contribution in [2.24, 2.45) is 5.73 Å². The zero-order chi connectivity index (χ0) is 9.68. The van der Waals surface area contributed by atoms with Crippen LogP contribution in [0.15, 0.2) is 0 Å². The molecule has 0 spiro atoms. The Morgan fingerprint density at radius 2 is 2.15 bits per heavy atom. The molecule has 2 N–H and O–H groups in total. The predicted molar refractivity (Wildman–Crippen MR) is 50.3 cm³/mol. The molecule has 1 aliphatic rings. The molecule has 1 rings (SSSR count). The van der Waals surface area contributed by atoms with Crippen LogP contribution in [0.1, 0.15) is 19.8 Å². The SMILES string of the molecule is CC(=O)N(CCN)C1CCOCC1. The van der Waals surface area contributed by atoms with E-state index in [2.05, 4.69) is 0 Å². The van der Waals surface area contributed by atoms with Gasteiger partial charge in [0.05, 0.1) is 0 Å². The van der Waals surface area contributed by atoms with Gasteiger partial charge in [-0.05, 0) is 12.8 Å². The van der Waals surface area contributed by atoms with E-state index >= 15 is 0 Å². The van der Waals surface area contributed by atoms with Gasteiger partial charge < -0.3 is 15.4 Å². The molecule has 1 aliphatic heterocycles. The van der Waals surface area contributed by atoms with E-state index in [1.165, 1.54) is 0 Å². The molecule has 0 saturated carbocycles. The summed E-state index contributed by atoms with van der Waals surface area (Å²) in [5.74, 6) is 0.123. The van der Waals surface area contributed by atoms with E-state index in [0.29, 0.717) is 19.1 Å². The molecule has 0 unspecified atom stereocenters. The number of carbonyl (C=O) groups is 1. The molecule has 76 valence electrons. The van der Waals surface area contributed by atoms with Crippen molar-refractivity contribution in [3.05, 3.63) is 0 Å². The van der Waals surface area contributed by atoms with Crippen LogP contribution in [0.4, 0.5) is 0 Å². The first-order valence-corrected chi connectivity index (χ1v) is 4.80. The van der Waals surface area contributed by atoms with Crippen molar-refractivity contribution in [3.63, 3.8) is 0 Å². The largest absolute Gasteiger partial charge is 0.381 e. The first-order valence-electron chi connectivity index (χ1n) is 4.80. The molecule has 0 aromatic rings. The van der Waals surface area contributed by atoms with Crippen LogP contribution in [-0.4, -0.2) is 43.2 Å². The van der Waals surface area contributed by atoms with Gasteiger partial charge in [-0.2, -0.15) is 0 Å². The van der Waals surface area contributed by atoms with Crippen molar-refractivity contribution in [1.29, 1.82) is 0 Å². The van der Waals surface area contributed by atoms with Crippen molar-refractivity contribution in [3.8, 4) is 0 Å². The molecule has 4 nitrogen and oxygen atoms in total. The highest BCUT2D eigenvalue weighted by Crippen LogP contribution is 2.13. The lowest BCUT2D eigenvalue weighted by Crippen LogP contribution is -2.44. The number of ether oxygens (including phenoxy) is 1. The zero-order valence-electron chi connectivity index (χ0n) is 8.16. The standard InChI is InChI=1S/C9H18N2O2/c1-8(12)11(5-4-10)9-2-6-13-7-3-9/h9H,2-7,10H2,1H3. The number of rotatable bonds is 3. The van der Waals surface area contributed by atoms with Crippen LogP contribution in [-0.2, 0) is 9.53 Å². The third kappa shape index (κ3) is 2.97. The maximum Gasteiger partial charge on any atom is 0.219 e. The topological polar surface area (TPSA) is 55.6 Å². The summed E-state index contributed by atoms with van der Waals surface area (Å²) < 4.78 is 5.24. The van der Waals surface area contributed by atoms with Crippen LogP contribution >= 0.6 is 0 Å². The van der Waals surface area contributed by atoms with Gasteiger partial charge in [0, 0.05) is 39.3 Å². The molecule has 13 heavy (non-hydrogen) atoms. The van der Waals surface area contributed by atoms with Gasteiger partial charge in [0.15, 0.2) is 0 Å². The van der Waals surface area contributed by atoms with Gasteiger partial charge in [-0.1, -0.05) is 0 Å². The Kier molecular flexibility index (Phi) is 4.18. The molecule has 0 aromatic carbocycles. The number of nitrogens with zero attached hydrogens (tertiary/aromatic N) is 1. The van der Waals surface area contributed by atoms with E-state index in [-0.39, 0.29) is 5.91 Å². The summed E-state index contributed by atoms with van der Waals surface area (Å²) in [5, 5.41) is 0. The smallest absolute Gasteiger partial charge is 0.219 e. The molecule has 0 bridgehead atoms.